The molecule has 6 nitrogen and oxygen atoms in total. The largest absolute Gasteiger partial charge is 0.490 e. The molecule has 0 unspecified atom stereocenters. The van der Waals surface area contributed by atoms with Crippen molar-refractivity contribution in [3.63, 3.8) is 0 Å². The van der Waals surface area contributed by atoms with E-state index in [1.54, 1.807) is 18.3 Å². The summed E-state index contributed by atoms with van der Waals surface area (Å²) in [6, 6.07) is 25.8. The molecule has 3 aromatic carbocycles. The number of hydrogen-bond donors (Lipinski definition) is 2. The van der Waals surface area contributed by atoms with Crippen LogP contribution in [0.2, 0.25) is 0 Å². The van der Waals surface area contributed by atoms with E-state index in [1.807, 2.05) is 72.8 Å². The summed E-state index contributed by atoms with van der Waals surface area (Å²) in [5, 5.41) is 6.63. The number of carbonyl (C=O) groups excluding carboxylic acids is 1. The summed E-state index contributed by atoms with van der Waals surface area (Å²) in [6.45, 7) is 0.872. The molecule has 0 heterocycles. The van der Waals surface area contributed by atoms with Crippen molar-refractivity contribution in [3.05, 3.63) is 90.5 Å². The summed E-state index contributed by atoms with van der Waals surface area (Å²) in [5.41, 5.74) is 3.93. The molecule has 0 aliphatic rings. The number of nitrogens with zero attached hydrogens (tertiary/aromatic N) is 1. The van der Waals surface area contributed by atoms with Crippen LogP contribution in [0.15, 0.2) is 90.0 Å². The van der Waals surface area contributed by atoms with Crippen molar-refractivity contribution in [1.82, 2.24) is 5.43 Å². The Hall–Kier alpha value is -3.80. The second-order valence-corrected chi connectivity index (χ2v) is 5.77. The molecule has 3 aromatic rings. The Kier molecular flexibility index (Phi) is 7.03. The summed E-state index contributed by atoms with van der Waals surface area (Å²) in [5.74, 6) is 1.51. The third-order valence-corrected chi connectivity index (χ3v) is 3.63. The maximum Gasteiger partial charge on any atom is 0.339 e. The van der Waals surface area contributed by atoms with Gasteiger partial charge in [-0.25, -0.2) is 10.2 Å². The molecular weight excluding hydrogens is 354 g/mol. The van der Waals surface area contributed by atoms with E-state index in [9.17, 15) is 4.79 Å². The van der Waals surface area contributed by atoms with Crippen molar-refractivity contribution in [1.29, 1.82) is 0 Å². The number of nitrogens with one attached hydrogen (secondary N) is 2. The first kappa shape index (κ1) is 19.0. The summed E-state index contributed by atoms with van der Waals surface area (Å²) in [7, 11) is 0. The quantitative estimate of drug-likeness (QED) is 0.350. The van der Waals surface area contributed by atoms with Crippen molar-refractivity contribution >= 4 is 17.9 Å². The minimum absolute atomic E-state index is 0.409. The first-order chi connectivity index (χ1) is 13.8. The van der Waals surface area contributed by atoms with Crippen LogP contribution in [0.3, 0.4) is 0 Å². The first-order valence-electron chi connectivity index (χ1n) is 8.85. The zero-order chi connectivity index (χ0) is 19.4. The first-order valence-corrected chi connectivity index (χ1v) is 8.85. The molecule has 0 aliphatic heterocycles. The minimum atomic E-state index is -0.409. The van der Waals surface area contributed by atoms with Crippen molar-refractivity contribution in [2.45, 2.75) is 0 Å². The highest BCUT2D eigenvalue weighted by molar-refractivity contribution is 5.90. The Morgan fingerprint density at radius 2 is 1.46 bits per heavy atom. The minimum Gasteiger partial charge on any atom is -0.490 e. The molecule has 0 fully saturated rings. The molecule has 0 saturated heterocycles. The number of anilines is 1. The van der Waals surface area contributed by atoms with E-state index in [0.717, 1.165) is 11.3 Å². The molecule has 0 aliphatic carbocycles. The molecule has 0 spiro atoms. The average molecular weight is 375 g/mol. The van der Waals surface area contributed by atoms with Crippen LogP contribution < -0.4 is 20.2 Å². The smallest absolute Gasteiger partial charge is 0.339 e. The fourth-order valence-electron chi connectivity index (χ4n) is 2.37. The van der Waals surface area contributed by atoms with Crippen molar-refractivity contribution in [2.75, 3.05) is 18.5 Å². The fraction of sp³-hybridized carbons (Fsp3) is 0.0909. The van der Waals surface area contributed by atoms with Crippen LogP contribution in [-0.2, 0) is 0 Å². The molecule has 28 heavy (non-hydrogen) atoms. The van der Waals surface area contributed by atoms with Gasteiger partial charge in [0.15, 0.2) is 0 Å². The number of carbonyl (C=O) groups is 1. The van der Waals surface area contributed by atoms with Crippen LogP contribution in [0.5, 0.6) is 11.5 Å². The van der Waals surface area contributed by atoms with Crippen LogP contribution in [0.25, 0.3) is 0 Å². The lowest BCUT2D eigenvalue weighted by molar-refractivity contribution is 0.217. The van der Waals surface area contributed by atoms with Gasteiger partial charge in [-0.2, -0.15) is 5.10 Å². The Morgan fingerprint density at radius 1 is 0.821 bits per heavy atom. The highest BCUT2D eigenvalue weighted by Gasteiger charge is 1.99. The maximum absolute atomic E-state index is 11.8. The van der Waals surface area contributed by atoms with E-state index < -0.39 is 6.03 Å². The van der Waals surface area contributed by atoms with Crippen LogP contribution in [0.1, 0.15) is 5.56 Å². The number of rotatable bonds is 8. The second-order valence-electron chi connectivity index (χ2n) is 5.77. The van der Waals surface area contributed by atoms with E-state index in [0.29, 0.717) is 24.7 Å². The SMILES string of the molecule is O=C(N/N=C\c1cccc(OCCOc2ccccc2)c1)Nc1ccccc1. The van der Waals surface area contributed by atoms with Crippen LogP contribution >= 0.6 is 0 Å². The van der Waals surface area contributed by atoms with Crippen molar-refractivity contribution < 1.29 is 14.3 Å². The zero-order valence-corrected chi connectivity index (χ0v) is 15.2. The fourth-order valence-corrected chi connectivity index (χ4v) is 2.37. The lowest BCUT2D eigenvalue weighted by Crippen LogP contribution is -2.24. The molecular formula is C22H21N3O3. The molecule has 0 aromatic heterocycles. The van der Waals surface area contributed by atoms with E-state index >= 15 is 0 Å². The summed E-state index contributed by atoms with van der Waals surface area (Å²) in [4.78, 5) is 11.8. The summed E-state index contributed by atoms with van der Waals surface area (Å²) >= 11 is 0. The van der Waals surface area contributed by atoms with Crippen molar-refractivity contribution in [3.8, 4) is 11.5 Å². The number of benzene rings is 3. The number of hydrazone groups is 1. The topological polar surface area (TPSA) is 72.0 Å². The molecule has 2 amide bonds. The second kappa shape index (κ2) is 10.4. The van der Waals surface area contributed by atoms with Gasteiger partial charge in [-0.15, -0.1) is 0 Å². The summed E-state index contributed by atoms with van der Waals surface area (Å²) in [6.07, 6.45) is 1.55. The molecule has 0 atom stereocenters. The normalized spacial score (nSPS) is 10.4. The van der Waals surface area contributed by atoms with Gasteiger partial charge in [0.2, 0.25) is 0 Å². The number of urea groups is 1. The third kappa shape index (κ3) is 6.49. The lowest BCUT2D eigenvalue weighted by atomic mass is 10.2. The predicted octanol–water partition coefficient (Wildman–Crippen LogP) is 4.30. The van der Waals surface area contributed by atoms with Gasteiger partial charge >= 0.3 is 6.03 Å². The maximum atomic E-state index is 11.8. The molecule has 2 N–H and O–H groups in total. The van der Waals surface area contributed by atoms with Crippen LogP contribution in [0.4, 0.5) is 10.5 Å². The number of ether oxygens (including phenoxy) is 2. The Bertz CT molecular complexity index is 899. The monoisotopic (exact) mass is 375 g/mol. The highest BCUT2D eigenvalue weighted by Crippen LogP contribution is 2.13. The van der Waals surface area contributed by atoms with Crippen molar-refractivity contribution in [2.24, 2.45) is 5.10 Å². The van der Waals surface area contributed by atoms with Gasteiger partial charge in [0, 0.05) is 5.69 Å². The standard InChI is InChI=1S/C22H21N3O3/c26-22(24-19-9-3-1-4-10-19)25-23-17-18-8-7-13-21(16-18)28-15-14-27-20-11-5-2-6-12-20/h1-13,16-17H,14-15H2,(H2,24,25,26)/b23-17-. The van der Waals surface area contributed by atoms with Gasteiger partial charge in [-0.3, -0.25) is 0 Å². The molecule has 3 rings (SSSR count). The van der Waals surface area contributed by atoms with Gasteiger partial charge in [0.05, 0.1) is 6.21 Å². The number of para-hydroxylation sites is 2. The zero-order valence-electron chi connectivity index (χ0n) is 15.2. The molecule has 142 valence electrons. The summed E-state index contributed by atoms with van der Waals surface area (Å²) < 4.78 is 11.3. The lowest BCUT2D eigenvalue weighted by Gasteiger charge is -2.08. The molecule has 0 radical (unpaired) electrons. The third-order valence-electron chi connectivity index (χ3n) is 3.63. The molecule has 0 bridgehead atoms. The Labute approximate surface area is 163 Å². The number of amides is 2. The molecule has 0 saturated carbocycles. The Balaban J connectivity index is 1.42. The van der Waals surface area contributed by atoms with E-state index in [1.165, 1.54) is 0 Å². The van der Waals surface area contributed by atoms with Gasteiger partial charge in [-0.05, 0) is 42.0 Å². The van der Waals surface area contributed by atoms with E-state index in [4.69, 9.17) is 9.47 Å². The van der Waals surface area contributed by atoms with Crippen LogP contribution in [-0.4, -0.2) is 25.5 Å². The van der Waals surface area contributed by atoms with Gasteiger partial charge < -0.3 is 14.8 Å². The highest BCUT2D eigenvalue weighted by atomic mass is 16.5. The van der Waals surface area contributed by atoms with E-state index in [-0.39, 0.29) is 0 Å². The van der Waals surface area contributed by atoms with E-state index in [2.05, 4.69) is 15.8 Å². The molecule has 6 heteroatoms. The van der Waals surface area contributed by atoms with Gasteiger partial charge in [0.25, 0.3) is 0 Å². The van der Waals surface area contributed by atoms with Gasteiger partial charge in [0.1, 0.15) is 24.7 Å². The number of hydrogen-bond acceptors (Lipinski definition) is 4. The predicted molar refractivity (Wildman–Crippen MR) is 110 cm³/mol. The van der Waals surface area contributed by atoms with Crippen LogP contribution in [0, 0.1) is 0 Å². The van der Waals surface area contributed by atoms with Gasteiger partial charge in [-0.1, -0.05) is 48.5 Å². The Morgan fingerprint density at radius 3 is 2.21 bits per heavy atom. The average Bonchev–Trinajstić information content (AvgIpc) is 2.73.